The average Bonchev–Trinajstić information content (AvgIpc) is 2.98. The molecular formula is C19H19N3O4S. The van der Waals surface area contributed by atoms with Gasteiger partial charge < -0.3 is 10.8 Å². The molecule has 27 heavy (non-hydrogen) atoms. The molecule has 0 fully saturated rings. The van der Waals surface area contributed by atoms with Gasteiger partial charge in [-0.15, -0.1) is 0 Å². The first-order chi connectivity index (χ1) is 12.8. The Morgan fingerprint density at radius 1 is 1.15 bits per heavy atom. The van der Waals surface area contributed by atoms with Crippen LogP contribution in [0.15, 0.2) is 54.3 Å². The maximum Gasteiger partial charge on any atom is 0.244 e. The molecule has 140 valence electrons. The lowest BCUT2D eigenvalue weighted by Gasteiger charge is -2.13. The van der Waals surface area contributed by atoms with Crippen LogP contribution in [0.1, 0.15) is 25.0 Å². The molecule has 0 spiro atoms. The molecule has 7 nitrogen and oxygen atoms in total. The van der Waals surface area contributed by atoms with Gasteiger partial charge in [-0.25, -0.2) is 17.4 Å². The van der Waals surface area contributed by atoms with E-state index in [0.29, 0.717) is 28.5 Å². The highest BCUT2D eigenvalue weighted by atomic mass is 32.2. The monoisotopic (exact) mass is 385 g/mol. The molecule has 0 aliphatic carbocycles. The number of nitrogens with zero attached hydrogens (tertiary/aromatic N) is 2. The van der Waals surface area contributed by atoms with Crippen LogP contribution in [-0.2, 0) is 14.8 Å². The fourth-order valence-electron chi connectivity index (χ4n) is 2.83. The van der Waals surface area contributed by atoms with Crippen LogP contribution in [0, 0.1) is 0 Å². The maximum atomic E-state index is 12.7. The number of carbonyl (C=O) groups is 1. The Kier molecular flexibility index (Phi) is 4.75. The fraction of sp³-hybridized carbons (Fsp3) is 0.158. The Morgan fingerprint density at radius 3 is 2.41 bits per heavy atom. The number of imidazole rings is 1. The Hall–Kier alpha value is -3.13. The number of hydrogen-bond donors (Lipinski definition) is 2. The predicted octanol–water partition coefficient (Wildman–Crippen LogP) is 2.72. The van der Waals surface area contributed by atoms with Crippen molar-refractivity contribution in [2.75, 3.05) is 5.73 Å². The molecule has 0 atom stereocenters. The smallest absolute Gasteiger partial charge is 0.244 e. The lowest BCUT2D eigenvalue weighted by Crippen LogP contribution is -2.23. The van der Waals surface area contributed by atoms with Gasteiger partial charge in [0.15, 0.2) is 12.0 Å². The van der Waals surface area contributed by atoms with Crippen LogP contribution >= 0.6 is 0 Å². The highest BCUT2D eigenvalue weighted by Gasteiger charge is 2.25. The zero-order valence-electron chi connectivity index (χ0n) is 14.8. The summed E-state index contributed by atoms with van der Waals surface area (Å²) in [7, 11) is -3.74. The van der Waals surface area contributed by atoms with Crippen molar-refractivity contribution in [3.8, 4) is 0 Å². The van der Waals surface area contributed by atoms with E-state index in [4.69, 9.17) is 5.73 Å². The van der Waals surface area contributed by atoms with Crippen molar-refractivity contribution in [3.05, 3.63) is 65.4 Å². The Labute approximate surface area is 156 Å². The number of allylic oxidation sites excluding steroid dienone is 1. The number of aldehydes is 1. The Bertz CT molecular complexity index is 1150. The molecule has 1 heterocycles. The summed E-state index contributed by atoms with van der Waals surface area (Å²) in [4.78, 5) is 15.3. The van der Waals surface area contributed by atoms with Gasteiger partial charge in [-0.2, -0.15) is 0 Å². The second-order valence-electron chi connectivity index (χ2n) is 6.28. The second-order valence-corrected chi connectivity index (χ2v) is 8.61. The minimum atomic E-state index is -3.74. The van der Waals surface area contributed by atoms with Gasteiger partial charge in [0.2, 0.25) is 16.0 Å². The second kappa shape index (κ2) is 6.88. The summed E-state index contributed by atoms with van der Waals surface area (Å²) >= 11 is 0. The van der Waals surface area contributed by atoms with Crippen molar-refractivity contribution in [2.24, 2.45) is 0 Å². The molecule has 0 aliphatic heterocycles. The number of aromatic nitrogens is 2. The number of aliphatic hydroxyl groups excluding tert-OH is 1. The van der Waals surface area contributed by atoms with Gasteiger partial charge in [0.05, 0.1) is 16.3 Å². The molecule has 8 heteroatoms. The standard InChI is InChI=1S/C19H19N3O4S/c1-12(2)27(25,26)22-16-10-14(8-9-15(16)21-19(22)20)18(17(24)11-23)13-6-4-3-5-7-13/h3-12,24H,1-2H3,(H2,20,21). The third-order valence-electron chi connectivity index (χ3n) is 4.21. The van der Waals surface area contributed by atoms with E-state index in [1.165, 1.54) is 0 Å². The third-order valence-corrected chi connectivity index (χ3v) is 6.29. The lowest BCUT2D eigenvalue weighted by atomic mass is 9.96. The molecule has 0 unspecified atom stereocenters. The number of carbonyl (C=O) groups excluding carboxylic acids is 1. The van der Waals surface area contributed by atoms with Gasteiger partial charge in [0.25, 0.3) is 0 Å². The summed E-state index contributed by atoms with van der Waals surface area (Å²) in [5, 5.41) is 9.46. The number of rotatable bonds is 5. The summed E-state index contributed by atoms with van der Waals surface area (Å²) in [6.45, 7) is 3.11. The molecule has 2 aromatic carbocycles. The van der Waals surface area contributed by atoms with E-state index in [9.17, 15) is 18.3 Å². The van der Waals surface area contributed by atoms with E-state index >= 15 is 0 Å². The highest BCUT2D eigenvalue weighted by molar-refractivity contribution is 7.90. The van der Waals surface area contributed by atoms with E-state index in [-0.39, 0.29) is 11.5 Å². The van der Waals surface area contributed by atoms with Crippen LogP contribution in [0.2, 0.25) is 0 Å². The van der Waals surface area contributed by atoms with Crippen LogP contribution in [0.3, 0.4) is 0 Å². The SMILES string of the molecule is CC(C)S(=O)(=O)n1c(N)nc2ccc(C(=C(O)C=O)c3ccccc3)cc21. The van der Waals surface area contributed by atoms with Gasteiger partial charge in [-0.3, -0.25) is 4.79 Å². The molecule has 3 aromatic rings. The summed E-state index contributed by atoms with van der Waals surface area (Å²) < 4.78 is 26.4. The quantitative estimate of drug-likeness (QED) is 0.396. The first-order valence-corrected chi connectivity index (χ1v) is 9.74. The van der Waals surface area contributed by atoms with Gasteiger partial charge >= 0.3 is 0 Å². The van der Waals surface area contributed by atoms with Gasteiger partial charge in [0, 0.05) is 5.57 Å². The number of nitrogen functional groups attached to an aromatic ring is 1. The molecule has 0 saturated carbocycles. The van der Waals surface area contributed by atoms with Crippen molar-refractivity contribution in [2.45, 2.75) is 19.1 Å². The van der Waals surface area contributed by atoms with Crippen molar-refractivity contribution >= 4 is 38.9 Å². The van der Waals surface area contributed by atoms with E-state index in [0.717, 1.165) is 3.97 Å². The molecule has 3 rings (SSSR count). The maximum absolute atomic E-state index is 12.7. The van der Waals surface area contributed by atoms with Gasteiger partial charge in [0.1, 0.15) is 0 Å². The number of hydrogen-bond acceptors (Lipinski definition) is 6. The van der Waals surface area contributed by atoms with Crippen molar-refractivity contribution in [3.63, 3.8) is 0 Å². The van der Waals surface area contributed by atoms with Crippen LogP contribution in [0.4, 0.5) is 5.95 Å². The molecule has 1 aromatic heterocycles. The molecule has 3 N–H and O–H groups in total. The molecule has 0 bridgehead atoms. The molecule has 0 amide bonds. The molecular weight excluding hydrogens is 366 g/mol. The lowest BCUT2D eigenvalue weighted by molar-refractivity contribution is -0.106. The number of aliphatic hydroxyl groups is 1. The van der Waals surface area contributed by atoms with E-state index in [2.05, 4.69) is 4.98 Å². The Balaban J connectivity index is 2.32. The van der Waals surface area contributed by atoms with Crippen molar-refractivity contribution < 1.29 is 18.3 Å². The highest BCUT2D eigenvalue weighted by Crippen LogP contribution is 2.30. The zero-order valence-corrected chi connectivity index (χ0v) is 15.6. The Morgan fingerprint density at radius 2 is 1.81 bits per heavy atom. The predicted molar refractivity (Wildman–Crippen MR) is 105 cm³/mol. The van der Waals surface area contributed by atoms with Crippen molar-refractivity contribution in [1.29, 1.82) is 0 Å². The third kappa shape index (κ3) is 3.19. The van der Waals surface area contributed by atoms with Crippen LogP contribution in [-0.4, -0.2) is 34.0 Å². The van der Waals surface area contributed by atoms with Crippen molar-refractivity contribution in [1.82, 2.24) is 8.96 Å². The molecule has 0 aliphatic rings. The first kappa shape index (κ1) is 18.7. The topological polar surface area (TPSA) is 115 Å². The minimum absolute atomic E-state index is 0.138. The first-order valence-electron chi connectivity index (χ1n) is 8.24. The largest absolute Gasteiger partial charge is 0.504 e. The normalized spacial score (nSPS) is 13.0. The summed E-state index contributed by atoms with van der Waals surface area (Å²) in [6.07, 6.45) is 0.350. The summed E-state index contributed by atoms with van der Waals surface area (Å²) in [5.41, 5.74) is 7.92. The van der Waals surface area contributed by atoms with E-state index in [1.807, 2.05) is 6.07 Å². The van der Waals surface area contributed by atoms with Gasteiger partial charge in [-0.05, 0) is 37.1 Å². The molecule has 0 saturated heterocycles. The number of fused-ring (bicyclic) bond motifs is 1. The number of benzene rings is 2. The minimum Gasteiger partial charge on any atom is -0.504 e. The average molecular weight is 385 g/mol. The summed E-state index contributed by atoms with van der Waals surface area (Å²) in [6, 6.07) is 13.7. The van der Waals surface area contributed by atoms with Crippen LogP contribution < -0.4 is 5.73 Å². The van der Waals surface area contributed by atoms with Crippen LogP contribution in [0.25, 0.3) is 16.6 Å². The van der Waals surface area contributed by atoms with Crippen LogP contribution in [0.5, 0.6) is 0 Å². The fourth-order valence-corrected chi connectivity index (χ4v) is 3.98. The van der Waals surface area contributed by atoms with E-state index < -0.39 is 21.0 Å². The summed E-state index contributed by atoms with van der Waals surface area (Å²) in [5.74, 6) is -0.591. The molecule has 0 radical (unpaired) electrons. The van der Waals surface area contributed by atoms with E-state index in [1.54, 1.807) is 56.3 Å². The number of anilines is 1. The number of nitrogens with two attached hydrogens (primary N) is 1. The van der Waals surface area contributed by atoms with Gasteiger partial charge in [-0.1, -0.05) is 36.4 Å². The zero-order chi connectivity index (χ0) is 19.8.